The van der Waals surface area contributed by atoms with Crippen molar-refractivity contribution in [3.8, 4) is 5.75 Å². The predicted octanol–water partition coefficient (Wildman–Crippen LogP) is 4.65. The first kappa shape index (κ1) is 16.2. The largest absolute Gasteiger partial charge is 0.497 e. The molecule has 1 amide bonds. The Morgan fingerprint density at radius 1 is 0.885 bits per heavy atom. The van der Waals surface area contributed by atoms with Gasteiger partial charge in [0.2, 0.25) is 5.91 Å². The molecule has 0 bridgehead atoms. The van der Waals surface area contributed by atoms with E-state index >= 15 is 0 Å². The Morgan fingerprint density at radius 3 is 2.31 bits per heavy atom. The fourth-order valence-corrected chi connectivity index (χ4v) is 3.46. The number of nitrogens with one attached hydrogen (secondary N) is 1. The highest BCUT2D eigenvalue weighted by atomic mass is 16.5. The summed E-state index contributed by atoms with van der Waals surface area (Å²) in [6.45, 7) is 0. The van der Waals surface area contributed by atoms with E-state index in [1.54, 1.807) is 7.11 Å². The van der Waals surface area contributed by atoms with Gasteiger partial charge in [-0.1, -0.05) is 72.8 Å². The van der Waals surface area contributed by atoms with E-state index < -0.39 is 5.41 Å². The molecule has 4 rings (SSSR count). The van der Waals surface area contributed by atoms with Gasteiger partial charge in [0.05, 0.1) is 7.11 Å². The van der Waals surface area contributed by atoms with Crippen molar-refractivity contribution in [1.29, 1.82) is 0 Å². The number of carbonyl (C=O) groups excluding carboxylic acids is 1. The topological polar surface area (TPSA) is 38.3 Å². The number of carbonyl (C=O) groups is 1. The summed E-state index contributed by atoms with van der Waals surface area (Å²) < 4.78 is 5.21. The van der Waals surface area contributed by atoms with E-state index in [-0.39, 0.29) is 5.91 Å². The van der Waals surface area contributed by atoms with Crippen molar-refractivity contribution in [2.24, 2.45) is 0 Å². The molecule has 0 fully saturated rings. The molecule has 1 heterocycles. The van der Waals surface area contributed by atoms with Crippen molar-refractivity contribution in [1.82, 2.24) is 0 Å². The van der Waals surface area contributed by atoms with Gasteiger partial charge in [-0.3, -0.25) is 4.79 Å². The van der Waals surface area contributed by atoms with Crippen LogP contribution in [0.3, 0.4) is 0 Å². The van der Waals surface area contributed by atoms with Crippen LogP contribution in [0.5, 0.6) is 5.75 Å². The Bertz CT molecular complexity index is 961. The lowest BCUT2D eigenvalue weighted by atomic mass is 9.75. The number of hydrogen-bond acceptors (Lipinski definition) is 2. The van der Waals surface area contributed by atoms with E-state index in [0.29, 0.717) is 0 Å². The zero-order valence-electron chi connectivity index (χ0n) is 14.5. The highest BCUT2D eigenvalue weighted by Crippen LogP contribution is 2.44. The number of ether oxygens (including phenoxy) is 1. The Morgan fingerprint density at radius 2 is 1.58 bits per heavy atom. The van der Waals surface area contributed by atoms with Gasteiger partial charge in [-0.15, -0.1) is 0 Å². The second-order valence-electron chi connectivity index (χ2n) is 6.28. The highest BCUT2D eigenvalue weighted by Gasteiger charge is 2.45. The summed E-state index contributed by atoms with van der Waals surface area (Å²) in [5.41, 5.74) is 2.96. The molecule has 0 radical (unpaired) electrons. The lowest BCUT2D eigenvalue weighted by Crippen LogP contribution is -2.33. The molecule has 1 unspecified atom stereocenters. The van der Waals surface area contributed by atoms with Crippen molar-refractivity contribution in [3.05, 3.63) is 102 Å². The lowest BCUT2D eigenvalue weighted by Gasteiger charge is -2.24. The van der Waals surface area contributed by atoms with E-state index in [4.69, 9.17) is 4.74 Å². The van der Waals surface area contributed by atoms with Gasteiger partial charge < -0.3 is 10.1 Å². The average Bonchev–Trinajstić information content (AvgIpc) is 2.99. The summed E-state index contributed by atoms with van der Waals surface area (Å²) in [6, 6.07) is 25.5. The second-order valence-corrected chi connectivity index (χ2v) is 6.28. The van der Waals surface area contributed by atoms with Gasteiger partial charge in [0.25, 0.3) is 0 Å². The van der Waals surface area contributed by atoms with Crippen molar-refractivity contribution >= 4 is 17.7 Å². The van der Waals surface area contributed by atoms with Gasteiger partial charge in [0.15, 0.2) is 0 Å². The third-order valence-electron chi connectivity index (χ3n) is 4.83. The third-order valence-corrected chi connectivity index (χ3v) is 4.83. The highest BCUT2D eigenvalue weighted by molar-refractivity contribution is 6.10. The van der Waals surface area contributed by atoms with Crippen LogP contribution >= 0.6 is 0 Å². The predicted molar refractivity (Wildman–Crippen MR) is 104 cm³/mol. The minimum absolute atomic E-state index is 0.0327. The Labute approximate surface area is 152 Å². The number of hydrogen-bond donors (Lipinski definition) is 1. The summed E-state index contributed by atoms with van der Waals surface area (Å²) in [7, 11) is 1.65. The molecule has 0 aliphatic carbocycles. The number of fused-ring (bicyclic) bond motifs is 1. The number of amides is 1. The van der Waals surface area contributed by atoms with E-state index in [0.717, 1.165) is 28.1 Å². The fourth-order valence-electron chi connectivity index (χ4n) is 3.46. The lowest BCUT2D eigenvalue weighted by molar-refractivity contribution is -0.118. The number of rotatable bonds is 4. The third kappa shape index (κ3) is 2.58. The van der Waals surface area contributed by atoms with Crippen molar-refractivity contribution < 1.29 is 9.53 Å². The van der Waals surface area contributed by atoms with E-state index in [2.05, 4.69) is 5.32 Å². The quantitative estimate of drug-likeness (QED) is 0.750. The number of methoxy groups -OCH3 is 1. The van der Waals surface area contributed by atoms with Crippen LogP contribution < -0.4 is 10.1 Å². The summed E-state index contributed by atoms with van der Waals surface area (Å²) >= 11 is 0. The maximum atomic E-state index is 13.1. The minimum atomic E-state index is -0.836. The maximum absolute atomic E-state index is 13.1. The van der Waals surface area contributed by atoms with Gasteiger partial charge in [0.1, 0.15) is 11.2 Å². The molecule has 0 saturated carbocycles. The summed E-state index contributed by atoms with van der Waals surface area (Å²) in [4.78, 5) is 13.1. The van der Waals surface area contributed by atoms with E-state index in [1.807, 2.05) is 91.0 Å². The molecule has 1 atom stereocenters. The molecule has 1 N–H and O–H groups in total. The van der Waals surface area contributed by atoms with Crippen LogP contribution in [0, 0.1) is 0 Å². The Hall–Kier alpha value is -3.33. The zero-order valence-corrected chi connectivity index (χ0v) is 14.5. The summed E-state index contributed by atoms with van der Waals surface area (Å²) in [5, 5.41) is 3.03. The Balaban J connectivity index is 1.85. The maximum Gasteiger partial charge on any atom is 0.243 e. The van der Waals surface area contributed by atoms with Gasteiger partial charge in [-0.05, 0) is 34.9 Å². The summed E-state index contributed by atoms with van der Waals surface area (Å²) in [6.07, 6.45) is 3.99. The van der Waals surface area contributed by atoms with Crippen molar-refractivity contribution in [2.75, 3.05) is 12.4 Å². The molecule has 1 aliphatic heterocycles. The standard InChI is InChI=1S/C23H19NO2/c1-26-19-13-11-17(12-14-19)15-16-23(18-7-3-2-4-8-18)20-9-5-6-10-21(20)24-22(23)25/h2-16H,1H3,(H,24,25)/b16-15+. The first-order valence-electron chi connectivity index (χ1n) is 8.54. The Kier molecular flexibility index (Phi) is 4.05. The molecular weight excluding hydrogens is 322 g/mol. The van der Waals surface area contributed by atoms with Crippen LogP contribution in [-0.2, 0) is 10.2 Å². The number of anilines is 1. The van der Waals surface area contributed by atoms with Gasteiger partial charge in [0, 0.05) is 5.69 Å². The minimum Gasteiger partial charge on any atom is -0.497 e. The number of para-hydroxylation sites is 1. The molecule has 3 heteroatoms. The number of benzene rings is 3. The van der Waals surface area contributed by atoms with Crippen LogP contribution in [0.15, 0.2) is 84.9 Å². The van der Waals surface area contributed by atoms with Crippen molar-refractivity contribution in [3.63, 3.8) is 0 Å². The average molecular weight is 341 g/mol. The van der Waals surface area contributed by atoms with Crippen LogP contribution in [0.4, 0.5) is 5.69 Å². The van der Waals surface area contributed by atoms with Crippen LogP contribution in [0.2, 0.25) is 0 Å². The van der Waals surface area contributed by atoms with Crippen LogP contribution in [-0.4, -0.2) is 13.0 Å². The molecule has 0 spiro atoms. The molecular formula is C23H19NO2. The molecule has 0 aromatic heterocycles. The molecule has 3 aromatic rings. The van der Waals surface area contributed by atoms with Gasteiger partial charge >= 0.3 is 0 Å². The van der Waals surface area contributed by atoms with E-state index in [9.17, 15) is 4.79 Å². The summed E-state index contributed by atoms with van der Waals surface area (Å²) in [5.74, 6) is 0.776. The van der Waals surface area contributed by atoms with Crippen LogP contribution in [0.25, 0.3) is 6.08 Å². The van der Waals surface area contributed by atoms with Gasteiger partial charge in [-0.25, -0.2) is 0 Å². The molecule has 3 aromatic carbocycles. The first-order chi connectivity index (χ1) is 12.7. The fraction of sp³-hybridized carbons (Fsp3) is 0.0870. The smallest absolute Gasteiger partial charge is 0.243 e. The van der Waals surface area contributed by atoms with Crippen molar-refractivity contribution in [2.45, 2.75) is 5.41 Å². The molecule has 3 nitrogen and oxygen atoms in total. The van der Waals surface area contributed by atoms with Crippen LogP contribution in [0.1, 0.15) is 16.7 Å². The van der Waals surface area contributed by atoms with Gasteiger partial charge in [-0.2, -0.15) is 0 Å². The molecule has 0 saturated heterocycles. The molecule has 128 valence electrons. The monoisotopic (exact) mass is 341 g/mol. The first-order valence-corrected chi connectivity index (χ1v) is 8.54. The molecule has 1 aliphatic rings. The molecule has 26 heavy (non-hydrogen) atoms. The normalized spacial score (nSPS) is 18.6. The SMILES string of the molecule is COc1ccc(/C=C/C2(c3ccccc3)C(=O)Nc3ccccc32)cc1. The second kappa shape index (κ2) is 6.52. The van der Waals surface area contributed by atoms with E-state index in [1.165, 1.54) is 0 Å². The zero-order chi connectivity index (χ0) is 18.0.